The van der Waals surface area contributed by atoms with Crippen LogP contribution < -0.4 is 4.72 Å². The zero-order chi connectivity index (χ0) is 14.6. The topological polar surface area (TPSA) is 46.2 Å². The third-order valence-corrected chi connectivity index (χ3v) is 4.54. The van der Waals surface area contributed by atoms with Crippen molar-refractivity contribution in [1.29, 1.82) is 0 Å². The Morgan fingerprint density at radius 2 is 1.65 bits per heavy atom. The number of sulfonamides is 1. The van der Waals surface area contributed by atoms with Gasteiger partial charge in [-0.15, -0.1) is 0 Å². The maximum atomic E-state index is 13.6. The van der Waals surface area contributed by atoms with Gasteiger partial charge in [0.15, 0.2) is 0 Å². The second-order valence-corrected chi connectivity index (χ2v) is 6.11. The Bertz CT molecular complexity index is 671. The fourth-order valence-corrected chi connectivity index (χ4v) is 3.37. The molecule has 0 aliphatic rings. The lowest BCUT2D eigenvalue weighted by Gasteiger charge is -2.17. The Kier molecular flexibility index (Phi) is 4.52. The van der Waals surface area contributed by atoms with Crippen LogP contribution in [0.3, 0.4) is 0 Å². The fourth-order valence-electron chi connectivity index (χ4n) is 1.99. The second kappa shape index (κ2) is 6.15. The molecule has 2 rings (SSSR count). The Hall–Kier alpha value is -1.72. The number of hydrogen-bond acceptors (Lipinski definition) is 2. The summed E-state index contributed by atoms with van der Waals surface area (Å²) in [6, 6.07) is 14.2. The largest absolute Gasteiger partial charge is 0.244 e. The van der Waals surface area contributed by atoms with E-state index < -0.39 is 15.8 Å². The summed E-state index contributed by atoms with van der Waals surface area (Å²) in [6.45, 7) is 1.88. The molecule has 0 heterocycles. The van der Waals surface area contributed by atoms with Gasteiger partial charge in [-0.05, 0) is 24.1 Å². The molecule has 0 bridgehead atoms. The van der Waals surface area contributed by atoms with Crippen molar-refractivity contribution in [2.75, 3.05) is 0 Å². The lowest BCUT2D eigenvalue weighted by molar-refractivity contribution is 0.535. The Morgan fingerprint density at radius 3 is 2.25 bits per heavy atom. The average molecular weight is 293 g/mol. The van der Waals surface area contributed by atoms with Gasteiger partial charge in [0.2, 0.25) is 10.0 Å². The van der Waals surface area contributed by atoms with Crippen LogP contribution in [0.4, 0.5) is 4.39 Å². The van der Waals surface area contributed by atoms with E-state index in [1.165, 1.54) is 18.2 Å². The SMILES string of the molecule is CC[C@@H](NS(=O)(=O)c1ccccc1F)c1ccccc1. The summed E-state index contributed by atoms with van der Waals surface area (Å²) in [5.41, 5.74) is 0.856. The highest BCUT2D eigenvalue weighted by Crippen LogP contribution is 2.21. The molecule has 20 heavy (non-hydrogen) atoms. The molecule has 0 spiro atoms. The molecule has 2 aromatic carbocycles. The van der Waals surface area contributed by atoms with Crippen molar-refractivity contribution in [3.05, 3.63) is 66.0 Å². The van der Waals surface area contributed by atoms with E-state index in [2.05, 4.69) is 4.72 Å². The first-order valence-electron chi connectivity index (χ1n) is 6.36. The van der Waals surface area contributed by atoms with Crippen LogP contribution in [0.25, 0.3) is 0 Å². The molecular formula is C15H16FNO2S. The van der Waals surface area contributed by atoms with E-state index in [0.717, 1.165) is 11.6 Å². The molecule has 0 radical (unpaired) electrons. The van der Waals surface area contributed by atoms with Crippen LogP contribution in [0.5, 0.6) is 0 Å². The van der Waals surface area contributed by atoms with Gasteiger partial charge in [0.05, 0.1) is 0 Å². The first kappa shape index (κ1) is 14.7. The predicted octanol–water partition coefficient (Wildman–Crippen LogP) is 3.26. The zero-order valence-corrected chi connectivity index (χ0v) is 11.9. The molecule has 0 aromatic heterocycles. The van der Waals surface area contributed by atoms with Crippen molar-refractivity contribution in [2.24, 2.45) is 0 Å². The van der Waals surface area contributed by atoms with Crippen LogP contribution in [0.2, 0.25) is 0 Å². The molecule has 2 aromatic rings. The fraction of sp³-hybridized carbons (Fsp3) is 0.200. The molecule has 5 heteroatoms. The normalized spacial score (nSPS) is 13.1. The number of benzene rings is 2. The minimum atomic E-state index is -3.88. The first-order valence-corrected chi connectivity index (χ1v) is 7.84. The number of hydrogen-bond donors (Lipinski definition) is 1. The van der Waals surface area contributed by atoms with Gasteiger partial charge in [-0.1, -0.05) is 49.4 Å². The second-order valence-electron chi connectivity index (χ2n) is 4.42. The van der Waals surface area contributed by atoms with Gasteiger partial charge >= 0.3 is 0 Å². The van der Waals surface area contributed by atoms with Gasteiger partial charge in [0.25, 0.3) is 0 Å². The molecule has 1 atom stereocenters. The standard InChI is InChI=1S/C15H16FNO2S/c1-2-14(12-8-4-3-5-9-12)17-20(18,19)15-11-7-6-10-13(15)16/h3-11,14,17H,2H2,1H3/t14-/m1/s1. The molecule has 0 aliphatic carbocycles. The summed E-state index contributed by atoms with van der Waals surface area (Å²) in [6.07, 6.45) is 0.581. The lowest BCUT2D eigenvalue weighted by Crippen LogP contribution is -2.29. The number of nitrogens with one attached hydrogen (secondary N) is 1. The van der Waals surface area contributed by atoms with E-state index in [0.29, 0.717) is 6.42 Å². The Balaban J connectivity index is 2.30. The van der Waals surface area contributed by atoms with Crippen LogP contribution in [0.15, 0.2) is 59.5 Å². The van der Waals surface area contributed by atoms with Crippen molar-refractivity contribution in [3.63, 3.8) is 0 Å². The van der Waals surface area contributed by atoms with E-state index in [9.17, 15) is 12.8 Å². The van der Waals surface area contributed by atoms with Crippen molar-refractivity contribution >= 4 is 10.0 Å². The van der Waals surface area contributed by atoms with E-state index >= 15 is 0 Å². The molecule has 0 amide bonds. The summed E-state index contributed by atoms with van der Waals surface area (Å²) >= 11 is 0. The number of halogens is 1. The van der Waals surface area contributed by atoms with E-state index in [1.54, 1.807) is 0 Å². The van der Waals surface area contributed by atoms with Crippen LogP contribution in [-0.2, 0) is 10.0 Å². The van der Waals surface area contributed by atoms with Crippen molar-refractivity contribution in [2.45, 2.75) is 24.3 Å². The highest BCUT2D eigenvalue weighted by Gasteiger charge is 2.22. The Morgan fingerprint density at radius 1 is 1.05 bits per heavy atom. The zero-order valence-electron chi connectivity index (χ0n) is 11.1. The lowest BCUT2D eigenvalue weighted by atomic mass is 10.1. The molecule has 0 saturated carbocycles. The summed E-state index contributed by atoms with van der Waals surface area (Å²) in [5.74, 6) is -0.747. The summed E-state index contributed by atoms with van der Waals surface area (Å²) in [5, 5.41) is 0. The molecular weight excluding hydrogens is 277 g/mol. The van der Waals surface area contributed by atoms with Crippen LogP contribution in [0.1, 0.15) is 24.9 Å². The van der Waals surface area contributed by atoms with Crippen molar-refractivity contribution < 1.29 is 12.8 Å². The maximum absolute atomic E-state index is 13.6. The monoisotopic (exact) mass is 293 g/mol. The third kappa shape index (κ3) is 3.23. The predicted molar refractivity (Wildman–Crippen MR) is 76.2 cm³/mol. The average Bonchev–Trinajstić information content (AvgIpc) is 2.46. The highest BCUT2D eigenvalue weighted by atomic mass is 32.2. The van der Waals surface area contributed by atoms with Crippen molar-refractivity contribution in [1.82, 2.24) is 4.72 Å². The molecule has 0 unspecified atom stereocenters. The third-order valence-electron chi connectivity index (χ3n) is 3.03. The summed E-state index contributed by atoms with van der Waals surface area (Å²) in [7, 11) is -3.88. The van der Waals surface area contributed by atoms with Gasteiger partial charge in [-0.25, -0.2) is 17.5 Å². The van der Waals surface area contributed by atoms with Gasteiger partial charge in [0.1, 0.15) is 10.7 Å². The number of rotatable bonds is 5. The van der Waals surface area contributed by atoms with E-state index in [1.807, 2.05) is 37.3 Å². The summed E-state index contributed by atoms with van der Waals surface area (Å²) < 4.78 is 40.7. The molecule has 0 saturated heterocycles. The van der Waals surface area contributed by atoms with Gasteiger partial charge in [-0.2, -0.15) is 0 Å². The summed E-state index contributed by atoms with van der Waals surface area (Å²) in [4.78, 5) is -0.325. The van der Waals surface area contributed by atoms with Crippen LogP contribution >= 0.6 is 0 Å². The molecule has 106 valence electrons. The van der Waals surface area contributed by atoms with Gasteiger partial charge in [-0.3, -0.25) is 0 Å². The van der Waals surface area contributed by atoms with Gasteiger partial charge < -0.3 is 0 Å². The van der Waals surface area contributed by atoms with Crippen LogP contribution in [0, 0.1) is 5.82 Å². The Labute approximate surface area is 118 Å². The van der Waals surface area contributed by atoms with E-state index in [-0.39, 0.29) is 10.9 Å². The minimum absolute atomic E-state index is 0.325. The van der Waals surface area contributed by atoms with Gasteiger partial charge in [0, 0.05) is 6.04 Å². The quantitative estimate of drug-likeness (QED) is 0.919. The van der Waals surface area contributed by atoms with Crippen LogP contribution in [-0.4, -0.2) is 8.42 Å². The molecule has 0 aliphatic heterocycles. The van der Waals surface area contributed by atoms with E-state index in [4.69, 9.17) is 0 Å². The highest BCUT2D eigenvalue weighted by molar-refractivity contribution is 7.89. The molecule has 1 N–H and O–H groups in total. The molecule has 0 fully saturated rings. The smallest absolute Gasteiger partial charge is 0.207 e. The maximum Gasteiger partial charge on any atom is 0.244 e. The molecule has 3 nitrogen and oxygen atoms in total. The van der Waals surface area contributed by atoms with Crippen molar-refractivity contribution in [3.8, 4) is 0 Å². The first-order chi connectivity index (χ1) is 9.54. The minimum Gasteiger partial charge on any atom is -0.207 e.